The molecule has 0 fully saturated rings. The van der Waals surface area contributed by atoms with Crippen LogP contribution in [0.25, 0.3) is 0 Å². The van der Waals surface area contributed by atoms with Gasteiger partial charge >= 0.3 is 0 Å². The van der Waals surface area contributed by atoms with Crippen LogP contribution in [0.3, 0.4) is 0 Å². The highest BCUT2D eigenvalue weighted by Gasteiger charge is 2.16. The van der Waals surface area contributed by atoms with Gasteiger partial charge in [0.15, 0.2) is 0 Å². The van der Waals surface area contributed by atoms with Crippen LogP contribution in [0.4, 0.5) is 0 Å². The van der Waals surface area contributed by atoms with E-state index in [1.165, 1.54) is 0 Å². The van der Waals surface area contributed by atoms with E-state index in [-0.39, 0.29) is 18.4 Å². The molecule has 1 rings (SSSR count). The van der Waals surface area contributed by atoms with Crippen LogP contribution in [0.1, 0.15) is 33.8 Å². The number of hydrogen-bond donors (Lipinski definition) is 1. The van der Waals surface area contributed by atoms with Crippen LogP contribution in [0.2, 0.25) is 0 Å². The van der Waals surface area contributed by atoms with Crippen LogP contribution < -0.4 is 5.56 Å². The molecular formula is C10H17NO. The molecule has 0 unspecified atom stereocenters. The second kappa shape index (κ2) is 3.57. The van der Waals surface area contributed by atoms with Gasteiger partial charge in [0.2, 0.25) is 0 Å². The molecule has 2 nitrogen and oxygen atoms in total. The summed E-state index contributed by atoms with van der Waals surface area (Å²) in [6, 6.07) is 3.71. The first-order valence-corrected chi connectivity index (χ1v) is 3.70. The minimum atomic E-state index is -0.0607. The standard InChI is InChI=1S/C9H13NO.CH4/c1-9(2,3)7-5-4-6-10-8(7)11;/h4-6H,1-3H3,(H,10,11);1H4. The van der Waals surface area contributed by atoms with Crippen LogP contribution in [-0.2, 0) is 5.41 Å². The molecule has 0 spiro atoms. The molecule has 0 amide bonds. The predicted molar refractivity (Wildman–Crippen MR) is 52.5 cm³/mol. The number of rotatable bonds is 0. The fourth-order valence-corrected chi connectivity index (χ4v) is 1.01. The fraction of sp³-hybridized carbons (Fsp3) is 0.500. The molecule has 1 aromatic rings. The molecule has 0 aromatic carbocycles. The summed E-state index contributed by atoms with van der Waals surface area (Å²) >= 11 is 0. The van der Waals surface area contributed by atoms with Gasteiger partial charge < -0.3 is 4.98 Å². The summed E-state index contributed by atoms with van der Waals surface area (Å²) in [5.41, 5.74) is 0.787. The lowest BCUT2D eigenvalue weighted by molar-refractivity contribution is 0.581. The second-order valence-corrected chi connectivity index (χ2v) is 3.66. The summed E-state index contributed by atoms with van der Waals surface area (Å²) in [6.07, 6.45) is 1.65. The third-order valence-corrected chi connectivity index (χ3v) is 1.63. The van der Waals surface area contributed by atoms with E-state index in [2.05, 4.69) is 4.98 Å². The number of aromatic nitrogens is 1. The lowest BCUT2D eigenvalue weighted by Crippen LogP contribution is -2.23. The van der Waals surface area contributed by atoms with Crippen molar-refractivity contribution in [2.45, 2.75) is 33.6 Å². The Morgan fingerprint density at radius 2 is 1.92 bits per heavy atom. The summed E-state index contributed by atoms with van der Waals surface area (Å²) in [5.74, 6) is 0. The van der Waals surface area contributed by atoms with Crippen molar-refractivity contribution in [3.8, 4) is 0 Å². The first-order valence-electron chi connectivity index (χ1n) is 3.70. The maximum absolute atomic E-state index is 11.2. The number of pyridine rings is 1. The van der Waals surface area contributed by atoms with Crippen molar-refractivity contribution in [3.63, 3.8) is 0 Å². The Balaban J connectivity index is 0.00000121. The maximum atomic E-state index is 11.2. The van der Waals surface area contributed by atoms with Gasteiger partial charge in [-0.2, -0.15) is 0 Å². The van der Waals surface area contributed by atoms with Crippen molar-refractivity contribution >= 4 is 0 Å². The van der Waals surface area contributed by atoms with Crippen LogP contribution in [0.5, 0.6) is 0 Å². The third kappa shape index (κ3) is 2.22. The Kier molecular flexibility index (Phi) is 3.25. The van der Waals surface area contributed by atoms with E-state index in [4.69, 9.17) is 0 Å². The van der Waals surface area contributed by atoms with Crippen LogP contribution >= 0.6 is 0 Å². The highest BCUT2D eigenvalue weighted by Crippen LogP contribution is 2.16. The minimum Gasteiger partial charge on any atom is -0.329 e. The van der Waals surface area contributed by atoms with Gasteiger partial charge in [-0.1, -0.05) is 34.3 Å². The molecule has 1 heterocycles. The molecule has 1 aromatic heterocycles. The zero-order chi connectivity index (χ0) is 8.48. The molecule has 0 aliphatic rings. The molecule has 0 radical (unpaired) electrons. The third-order valence-electron chi connectivity index (χ3n) is 1.63. The molecule has 1 N–H and O–H groups in total. The zero-order valence-electron chi connectivity index (χ0n) is 7.14. The van der Waals surface area contributed by atoms with E-state index < -0.39 is 0 Å². The van der Waals surface area contributed by atoms with Crippen molar-refractivity contribution < 1.29 is 0 Å². The summed E-state index contributed by atoms with van der Waals surface area (Å²) < 4.78 is 0. The summed E-state index contributed by atoms with van der Waals surface area (Å²) in [7, 11) is 0. The van der Waals surface area contributed by atoms with E-state index >= 15 is 0 Å². The molecule has 0 saturated carbocycles. The summed E-state index contributed by atoms with van der Waals surface area (Å²) in [4.78, 5) is 13.9. The van der Waals surface area contributed by atoms with Gasteiger partial charge in [0.25, 0.3) is 5.56 Å². The molecule has 12 heavy (non-hydrogen) atoms. The first kappa shape index (κ1) is 11.0. The highest BCUT2D eigenvalue weighted by atomic mass is 16.1. The number of nitrogens with one attached hydrogen (secondary N) is 1. The van der Waals surface area contributed by atoms with Gasteiger partial charge in [0.05, 0.1) is 0 Å². The average molecular weight is 167 g/mol. The normalized spacial score (nSPS) is 10.6. The minimum absolute atomic E-state index is 0. The SMILES string of the molecule is C.CC(C)(C)c1ccc[nH]c1=O. The molecule has 0 bridgehead atoms. The van der Waals surface area contributed by atoms with E-state index in [1.807, 2.05) is 32.9 Å². The van der Waals surface area contributed by atoms with Gasteiger partial charge in [0, 0.05) is 11.8 Å². The summed E-state index contributed by atoms with van der Waals surface area (Å²) in [6.45, 7) is 6.08. The topological polar surface area (TPSA) is 32.9 Å². The van der Waals surface area contributed by atoms with Crippen LogP contribution in [-0.4, -0.2) is 4.98 Å². The Labute approximate surface area is 73.6 Å². The van der Waals surface area contributed by atoms with Crippen molar-refractivity contribution in [2.24, 2.45) is 0 Å². The smallest absolute Gasteiger partial charge is 0.251 e. The quantitative estimate of drug-likeness (QED) is 0.632. The van der Waals surface area contributed by atoms with E-state index in [1.54, 1.807) is 6.20 Å². The first-order chi connectivity index (χ1) is 5.02. The Bertz CT molecular complexity index is 293. The second-order valence-electron chi connectivity index (χ2n) is 3.66. The highest BCUT2D eigenvalue weighted by molar-refractivity contribution is 5.17. The van der Waals surface area contributed by atoms with Crippen LogP contribution in [0.15, 0.2) is 23.1 Å². The molecular weight excluding hydrogens is 150 g/mol. The molecule has 68 valence electrons. The number of hydrogen-bond acceptors (Lipinski definition) is 1. The monoisotopic (exact) mass is 167 g/mol. The average Bonchev–Trinajstić information content (AvgIpc) is 1.86. The molecule has 0 aliphatic carbocycles. The van der Waals surface area contributed by atoms with E-state index in [9.17, 15) is 4.79 Å². The van der Waals surface area contributed by atoms with Gasteiger partial charge in [0.1, 0.15) is 0 Å². The Morgan fingerprint density at radius 3 is 2.25 bits per heavy atom. The van der Waals surface area contributed by atoms with Crippen molar-refractivity contribution in [1.82, 2.24) is 4.98 Å². The van der Waals surface area contributed by atoms with Gasteiger partial charge in [-0.25, -0.2) is 0 Å². The molecule has 0 atom stereocenters. The fourth-order valence-electron chi connectivity index (χ4n) is 1.01. The van der Waals surface area contributed by atoms with E-state index in [0.717, 1.165) is 5.56 Å². The molecule has 2 heteroatoms. The Hall–Kier alpha value is -1.05. The molecule has 0 saturated heterocycles. The van der Waals surface area contributed by atoms with Crippen LogP contribution in [0, 0.1) is 0 Å². The lowest BCUT2D eigenvalue weighted by Gasteiger charge is -2.16. The number of H-pyrrole nitrogens is 1. The van der Waals surface area contributed by atoms with Crippen molar-refractivity contribution in [1.29, 1.82) is 0 Å². The van der Waals surface area contributed by atoms with Gasteiger partial charge in [-0.05, 0) is 11.5 Å². The van der Waals surface area contributed by atoms with Gasteiger partial charge in [-0.3, -0.25) is 4.79 Å². The van der Waals surface area contributed by atoms with Crippen molar-refractivity contribution in [3.05, 3.63) is 34.2 Å². The lowest BCUT2D eigenvalue weighted by atomic mass is 9.88. The predicted octanol–water partition coefficient (Wildman–Crippen LogP) is 2.31. The van der Waals surface area contributed by atoms with Gasteiger partial charge in [-0.15, -0.1) is 0 Å². The van der Waals surface area contributed by atoms with Crippen molar-refractivity contribution in [2.75, 3.05) is 0 Å². The number of aromatic amines is 1. The van der Waals surface area contributed by atoms with E-state index in [0.29, 0.717) is 0 Å². The summed E-state index contributed by atoms with van der Waals surface area (Å²) in [5, 5.41) is 0. The largest absolute Gasteiger partial charge is 0.329 e. The Morgan fingerprint density at radius 1 is 1.33 bits per heavy atom. The molecule has 0 aliphatic heterocycles. The maximum Gasteiger partial charge on any atom is 0.251 e. The zero-order valence-corrected chi connectivity index (χ0v) is 7.14.